The first-order valence-corrected chi connectivity index (χ1v) is 9.69. The number of aromatic nitrogens is 1. The highest BCUT2D eigenvalue weighted by Gasteiger charge is 2.11. The van der Waals surface area contributed by atoms with E-state index in [-0.39, 0.29) is 5.91 Å². The molecule has 4 heteroatoms. The van der Waals surface area contributed by atoms with Crippen LogP contribution in [0.4, 0.5) is 0 Å². The highest BCUT2D eigenvalue weighted by Crippen LogP contribution is 2.22. The molecular weight excluding hydrogens is 334 g/mol. The van der Waals surface area contributed by atoms with Gasteiger partial charge in [-0.05, 0) is 61.8 Å². The predicted molar refractivity (Wildman–Crippen MR) is 112 cm³/mol. The number of carbonyl (C=O) groups excluding carboxylic acids is 1. The lowest BCUT2D eigenvalue weighted by Crippen LogP contribution is -2.26. The van der Waals surface area contributed by atoms with Gasteiger partial charge in [-0.3, -0.25) is 9.69 Å². The molecule has 0 atom stereocenters. The van der Waals surface area contributed by atoms with Crippen molar-refractivity contribution in [3.8, 4) is 0 Å². The fraction of sp³-hybridized carbons (Fsp3) is 0.348. The number of nitrogens with one attached hydrogen (secondary N) is 2. The summed E-state index contributed by atoms with van der Waals surface area (Å²) in [7, 11) is 0. The Labute approximate surface area is 161 Å². The highest BCUT2D eigenvalue weighted by molar-refractivity contribution is 5.99. The summed E-state index contributed by atoms with van der Waals surface area (Å²) in [6, 6.07) is 14.2. The van der Waals surface area contributed by atoms with E-state index in [1.165, 1.54) is 16.7 Å². The van der Waals surface area contributed by atoms with Gasteiger partial charge in [0.15, 0.2) is 0 Å². The molecule has 1 aromatic heterocycles. The molecule has 0 saturated carbocycles. The van der Waals surface area contributed by atoms with Crippen LogP contribution in [0.1, 0.15) is 46.6 Å². The van der Waals surface area contributed by atoms with E-state index in [9.17, 15) is 4.79 Å². The summed E-state index contributed by atoms with van der Waals surface area (Å²) in [4.78, 5) is 18.4. The van der Waals surface area contributed by atoms with Gasteiger partial charge >= 0.3 is 0 Å². The molecule has 3 aromatic rings. The minimum absolute atomic E-state index is 0.0344. The molecule has 2 aromatic carbocycles. The summed E-state index contributed by atoms with van der Waals surface area (Å²) >= 11 is 0. The molecule has 142 valence electrons. The number of H-pyrrole nitrogens is 1. The Hall–Kier alpha value is -2.59. The second kappa shape index (κ2) is 8.40. The molecule has 0 aliphatic carbocycles. The van der Waals surface area contributed by atoms with E-state index in [2.05, 4.69) is 61.1 Å². The molecule has 0 fully saturated rings. The Kier molecular flexibility index (Phi) is 5.97. The number of fused-ring (bicyclic) bond motifs is 1. The van der Waals surface area contributed by atoms with E-state index < -0.39 is 0 Å². The summed E-state index contributed by atoms with van der Waals surface area (Å²) < 4.78 is 0. The number of aromatic amines is 1. The standard InChI is InChI=1S/C23H29N3O/c1-5-26(6-2)15-20-10-8-7-9-19(20)14-24-23(27)18-11-12-22-21(13-18)16(3)17(4)25-22/h7-13,25H,5-6,14-15H2,1-4H3,(H,24,27). The van der Waals surface area contributed by atoms with Gasteiger partial charge in [0, 0.05) is 35.2 Å². The molecule has 0 spiro atoms. The third kappa shape index (κ3) is 4.22. The van der Waals surface area contributed by atoms with Gasteiger partial charge in [0.05, 0.1) is 0 Å². The van der Waals surface area contributed by atoms with Gasteiger partial charge in [0.1, 0.15) is 0 Å². The van der Waals surface area contributed by atoms with Crippen LogP contribution in [0.15, 0.2) is 42.5 Å². The van der Waals surface area contributed by atoms with Crippen molar-refractivity contribution in [1.82, 2.24) is 15.2 Å². The average molecular weight is 364 g/mol. The number of benzene rings is 2. The van der Waals surface area contributed by atoms with Gasteiger partial charge in [0.2, 0.25) is 0 Å². The van der Waals surface area contributed by atoms with Crippen molar-refractivity contribution < 1.29 is 4.79 Å². The summed E-state index contributed by atoms with van der Waals surface area (Å²) in [5.74, 6) is -0.0344. The van der Waals surface area contributed by atoms with Gasteiger partial charge in [-0.15, -0.1) is 0 Å². The molecule has 2 N–H and O–H groups in total. The maximum Gasteiger partial charge on any atom is 0.251 e. The molecule has 0 bridgehead atoms. The number of aryl methyl sites for hydroxylation is 2. The summed E-state index contributed by atoms with van der Waals surface area (Å²) in [5, 5.41) is 4.20. The van der Waals surface area contributed by atoms with Gasteiger partial charge in [-0.25, -0.2) is 0 Å². The van der Waals surface area contributed by atoms with Crippen LogP contribution >= 0.6 is 0 Å². The van der Waals surface area contributed by atoms with E-state index in [0.717, 1.165) is 36.2 Å². The van der Waals surface area contributed by atoms with E-state index >= 15 is 0 Å². The Balaban J connectivity index is 1.73. The van der Waals surface area contributed by atoms with Crippen molar-refractivity contribution in [3.05, 3.63) is 70.4 Å². The van der Waals surface area contributed by atoms with Crippen molar-refractivity contribution >= 4 is 16.8 Å². The molecule has 0 saturated heterocycles. The van der Waals surface area contributed by atoms with Crippen molar-refractivity contribution in [3.63, 3.8) is 0 Å². The fourth-order valence-corrected chi connectivity index (χ4v) is 3.45. The first kappa shape index (κ1) is 19.2. The normalized spacial score (nSPS) is 11.3. The second-order valence-corrected chi connectivity index (χ2v) is 7.05. The Morgan fingerprint density at radius 2 is 1.74 bits per heavy atom. The van der Waals surface area contributed by atoms with E-state index in [0.29, 0.717) is 12.1 Å². The van der Waals surface area contributed by atoms with Crippen molar-refractivity contribution in [2.24, 2.45) is 0 Å². The van der Waals surface area contributed by atoms with Crippen LogP contribution < -0.4 is 5.32 Å². The summed E-state index contributed by atoms with van der Waals surface area (Å²) in [6.45, 7) is 12.0. The number of amides is 1. The van der Waals surface area contributed by atoms with Crippen LogP contribution in [0.5, 0.6) is 0 Å². The minimum atomic E-state index is -0.0344. The van der Waals surface area contributed by atoms with E-state index in [1.54, 1.807) is 0 Å². The van der Waals surface area contributed by atoms with Crippen LogP contribution in [0.25, 0.3) is 10.9 Å². The SMILES string of the molecule is CCN(CC)Cc1ccccc1CNC(=O)c1ccc2[nH]c(C)c(C)c2c1. The molecule has 0 unspecified atom stereocenters. The maximum atomic E-state index is 12.7. The molecule has 1 heterocycles. The van der Waals surface area contributed by atoms with Crippen LogP contribution in [0.2, 0.25) is 0 Å². The van der Waals surface area contributed by atoms with Gasteiger partial charge in [-0.2, -0.15) is 0 Å². The van der Waals surface area contributed by atoms with Crippen LogP contribution in [0, 0.1) is 13.8 Å². The number of hydrogen-bond donors (Lipinski definition) is 2. The zero-order valence-electron chi connectivity index (χ0n) is 16.7. The largest absolute Gasteiger partial charge is 0.358 e. The first-order chi connectivity index (χ1) is 13.0. The molecule has 1 amide bonds. The number of hydrogen-bond acceptors (Lipinski definition) is 2. The Morgan fingerprint density at radius 3 is 2.44 bits per heavy atom. The zero-order chi connectivity index (χ0) is 19.4. The number of nitrogens with zero attached hydrogens (tertiary/aromatic N) is 1. The monoisotopic (exact) mass is 363 g/mol. The van der Waals surface area contributed by atoms with Crippen molar-refractivity contribution in [2.75, 3.05) is 13.1 Å². The first-order valence-electron chi connectivity index (χ1n) is 9.69. The molecule has 0 aliphatic heterocycles. The fourth-order valence-electron chi connectivity index (χ4n) is 3.45. The zero-order valence-corrected chi connectivity index (χ0v) is 16.7. The van der Waals surface area contributed by atoms with Crippen LogP contribution in [-0.2, 0) is 13.1 Å². The van der Waals surface area contributed by atoms with Crippen molar-refractivity contribution in [2.45, 2.75) is 40.8 Å². The van der Waals surface area contributed by atoms with Gasteiger partial charge in [-0.1, -0.05) is 38.1 Å². The number of carbonyl (C=O) groups is 1. The second-order valence-electron chi connectivity index (χ2n) is 7.05. The quantitative estimate of drug-likeness (QED) is 0.647. The van der Waals surface area contributed by atoms with E-state index in [1.807, 2.05) is 24.3 Å². The summed E-state index contributed by atoms with van der Waals surface area (Å²) in [5.41, 5.74) is 6.57. The molecule has 0 radical (unpaired) electrons. The van der Waals surface area contributed by atoms with Gasteiger partial charge < -0.3 is 10.3 Å². The molecule has 3 rings (SSSR count). The number of rotatable bonds is 7. The Bertz CT molecular complexity index is 938. The molecular formula is C23H29N3O. The molecule has 4 nitrogen and oxygen atoms in total. The third-order valence-corrected chi connectivity index (χ3v) is 5.42. The minimum Gasteiger partial charge on any atom is -0.358 e. The Morgan fingerprint density at radius 1 is 1.04 bits per heavy atom. The molecule has 0 aliphatic rings. The topological polar surface area (TPSA) is 48.1 Å². The lowest BCUT2D eigenvalue weighted by molar-refractivity contribution is 0.0951. The lowest BCUT2D eigenvalue weighted by Gasteiger charge is -2.20. The average Bonchev–Trinajstić information content (AvgIpc) is 2.98. The maximum absolute atomic E-state index is 12.7. The predicted octanol–water partition coefficient (Wildman–Crippen LogP) is 4.56. The highest BCUT2D eigenvalue weighted by atomic mass is 16.1. The summed E-state index contributed by atoms with van der Waals surface area (Å²) in [6.07, 6.45) is 0. The van der Waals surface area contributed by atoms with Crippen molar-refractivity contribution in [1.29, 1.82) is 0 Å². The van der Waals surface area contributed by atoms with Crippen LogP contribution in [-0.4, -0.2) is 28.9 Å². The van der Waals surface area contributed by atoms with E-state index in [4.69, 9.17) is 0 Å². The lowest BCUT2D eigenvalue weighted by atomic mass is 10.1. The molecule has 27 heavy (non-hydrogen) atoms. The smallest absolute Gasteiger partial charge is 0.251 e. The van der Waals surface area contributed by atoms with Gasteiger partial charge in [0.25, 0.3) is 5.91 Å². The van der Waals surface area contributed by atoms with Crippen LogP contribution in [0.3, 0.4) is 0 Å². The third-order valence-electron chi connectivity index (χ3n) is 5.42.